The van der Waals surface area contributed by atoms with Crippen LogP contribution in [0.3, 0.4) is 0 Å². The summed E-state index contributed by atoms with van der Waals surface area (Å²) in [5, 5.41) is 0. The van der Waals surface area contributed by atoms with Gasteiger partial charge >= 0.3 is 0 Å². The van der Waals surface area contributed by atoms with Gasteiger partial charge in [-0.1, -0.05) is 0 Å². The van der Waals surface area contributed by atoms with Gasteiger partial charge in [-0.3, -0.25) is 4.98 Å². The predicted molar refractivity (Wildman–Crippen MR) is 66.2 cm³/mol. The van der Waals surface area contributed by atoms with Gasteiger partial charge in [-0.05, 0) is 18.2 Å². The number of hydrogen-bond donors (Lipinski definition) is 1. The van der Waals surface area contributed by atoms with E-state index in [4.69, 9.17) is 5.73 Å². The van der Waals surface area contributed by atoms with Crippen molar-refractivity contribution < 1.29 is 0 Å². The fourth-order valence-corrected chi connectivity index (χ4v) is 1.88. The maximum atomic E-state index is 5.91. The zero-order valence-corrected chi connectivity index (χ0v) is 9.33. The molecule has 0 aliphatic heterocycles. The van der Waals surface area contributed by atoms with E-state index in [1.54, 1.807) is 18.6 Å². The number of imidazole rings is 1. The van der Waals surface area contributed by atoms with E-state index in [0.717, 1.165) is 22.6 Å². The summed E-state index contributed by atoms with van der Waals surface area (Å²) in [6.45, 7) is 0. The van der Waals surface area contributed by atoms with Crippen LogP contribution in [0.1, 0.15) is 0 Å². The highest BCUT2D eigenvalue weighted by Gasteiger charge is 2.12. The van der Waals surface area contributed by atoms with Crippen molar-refractivity contribution in [3.05, 3.63) is 36.8 Å². The summed E-state index contributed by atoms with van der Waals surface area (Å²) in [4.78, 5) is 12.7. The lowest BCUT2D eigenvalue weighted by Crippen LogP contribution is -1.97. The Morgan fingerprint density at radius 1 is 1.24 bits per heavy atom. The molecule has 0 amide bonds. The van der Waals surface area contributed by atoms with Gasteiger partial charge in [0.15, 0.2) is 5.65 Å². The smallest absolute Gasteiger partial charge is 0.178 e. The van der Waals surface area contributed by atoms with Gasteiger partial charge in [-0.15, -0.1) is 0 Å². The quantitative estimate of drug-likeness (QED) is 0.683. The van der Waals surface area contributed by atoms with E-state index < -0.39 is 0 Å². The molecule has 3 aromatic heterocycles. The number of nitrogens with two attached hydrogens (primary N) is 1. The number of fused-ring (bicyclic) bond motifs is 1. The Labute approximate surface area is 98.0 Å². The second-order valence-electron chi connectivity index (χ2n) is 3.80. The Bertz CT molecular complexity index is 686. The summed E-state index contributed by atoms with van der Waals surface area (Å²) in [5.74, 6) is 0.804. The first kappa shape index (κ1) is 9.77. The van der Waals surface area contributed by atoms with Crippen molar-refractivity contribution >= 4 is 16.9 Å². The average Bonchev–Trinajstić information content (AvgIpc) is 2.68. The van der Waals surface area contributed by atoms with Crippen molar-refractivity contribution in [2.75, 3.05) is 5.73 Å². The number of aromatic nitrogens is 4. The van der Waals surface area contributed by atoms with Gasteiger partial charge in [-0.25, -0.2) is 9.97 Å². The molecule has 0 aliphatic carbocycles. The number of aryl methyl sites for hydroxylation is 1. The summed E-state index contributed by atoms with van der Waals surface area (Å²) in [5.41, 5.74) is 9.11. The van der Waals surface area contributed by atoms with Crippen LogP contribution in [-0.4, -0.2) is 19.5 Å². The van der Waals surface area contributed by atoms with E-state index in [2.05, 4.69) is 15.0 Å². The van der Waals surface area contributed by atoms with Gasteiger partial charge in [0.25, 0.3) is 0 Å². The molecule has 0 radical (unpaired) electrons. The second kappa shape index (κ2) is 3.55. The third-order valence-electron chi connectivity index (χ3n) is 2.75. The van der Waals surface area contributed by atoms with Crippen molar-refractivity contribution in [3.8, 4) is 11.4 Å². The van der Waals surface area contributed by atoms with Crippen molar-refractivity contribution in [1.29, 1.82) is 0 Å². The Morgan fingerprint density at radius 2 is 2.12 bits per heavy atom. The second-order valence-corrected chi connectivity index (χ2v) is 3.80. The molecule has 0 bridgehead atoms. The van der Waals surface area contributed by atoms with Crippen molar-refractivity contribution in [2.24, 2.45) is 7.05 Å². The molecule has 84 valence electrons. The minimum atomic E-state index is 0.617. The highest BCUT2D eigenvalue weighted by molar-refractivity contribution is 5.80. The molecule has 0 fully saturated rings. The Morgan fingerprint density at radius 3 is 2.88 bits per heavy atom. The first-order valence-corrected chi connectivity index (χ1v) is 5.24. The monoisotopic (exact) mass is 225 g/mol. The van der Waals surface area contributed by atoms with Gasteiger partial charge in [0.05, 0.1) is 17.4 Å². The highest BCUT2D eigenvalue weighted by atomic mass is 15.1. The van der Waals surface area contributed by atoms with Crippen LogP contribution in [0, 0.1) is 0 Å². The average molecular weight is 225 g/mol. The maximum absolute atomic E-state index is 5.91. The molecule has 17 heavy (non-hydrogen) atoms. The summed E-state index contributed by atoms with van der Waals surface area (Å²) < 4.78 is 1.98. The predicted octanol–water partition coefficient (Wildman–Crippen LogP) is 1.61. The van der Waals surface area contributed by atoms with E-state index in [-0.39, 0.29) is 0 Å². The van der Waals surface area contributed by atoms with E-state index in [0.29, 0.717) is 5.69 Å². The van der Waals surface area contributed by atoms with E-state index in [1.807, 2.05) is 29.8 Å². The van der Waals surface area contributed by atoms with Crippen molar-refractivity contribution in [1.82, 2.24) is 19.5 Å². The minimum absolute atomic E-state index is 0.617. The van der Waals surface area contributed by atoms with Crippen LogP contribution in [0.15, 0.2) is 36.8 Å². The molecule has 0 spiro atoms. The van der Waals surface area contributed by atoms with Gasteiger partial charge in [0.2, 0.25) is 0 Å². The highest BCUT2D eigenvalue weighted by Crippen LogP contribution is 2.26. The normalized spacial score (nSPS) is 10.9. The zero-order valence-electron chi connectivity index (χ0n) is 9.33. The molecule has 3 aromatic rings. The molecule has 0 atom stereocenters. The van der Waals surface area contributed by atoms with Crippen LogP contribution >= 0.6 is 0 Å². The SMILES string of the molecule is Cn1c(-c2ccncc2N)nc2ncccc21. The number of hydrogen-bond acceptors (Lipinski definition) is 4. The van der Waals surface area contributed by atoms with Crippen LogP contribution < -0.4 is 5.73 Å². The van der Waals surface area contributed by atoms with Gasteiger partial charge in [0, 0.05) is 25.0 Å². The summed E-state index contributed by atoms with van der Waals surface area (Å²) in [7, 11) is 1.95. The Balaban J connectivity index is 2.32. The standard InChI is InChI=1S/C12H11N5/c1-17-10-3-2-5-15-11(10)16-12(17)8-4-6-14-7-9(8)13/h2-7H,13H2,1H3. The fraction of sp³-hybridized carbons (Fsp3) is 0.0833. The topological polar surface area (TPSA) is 69.6 Å². The molecule has 3 heterocycles. The third kappa shape index (κ3) is 1.44. The Kier molecular flexibility index (Phi) is 2.04. The number of anilines is 1. The summed E-state index contributed by atoms with van der Waals surface area (Å²) >= 11 is 0. The fourth-order valence-electron chi connectivity index (χ4n) is 1.88. The molecule has 0 saturated carbocycles. The van der Waals surface area contributed by atoms with Crippen LogP contribution in [0.25, 0.3) is 22.6 Å². The number of pyridine rings is 2. The van der Waals surface area contributed by atoms with Crippen molar-refractivity contribution in [3.63, 3.8) is 0 Å². The molecule has 5 heteroatoms. The van der Waals surface area contributed by atoms with Gasteiger partial charge in [0.1, 0.15) is 5.82 Å². The summed E-state index contributed by atoms with van der Waals surface area (Å²) in [6, 6.07) is 5.73. The summed E-state index contributed by atoms with van der Waals surface area (Å²) in [6.07, 6.45) is 5.07. The molecular weight excluding hydrogens is 214 g/mol. The molecular formula is C12H11N5. The minimum Gasteiger partial charge on any atom is -0.397 e. The van der Waals surface area contributed by atoms with Gasteiger partial charge < -0.3 is 10.3 Å². The molecule has 0 unspecified atom stereocenters. The lowest BCUT2D eigenvalue weighted by atomic mass is 10.2. The van der Waals surface area contributed by atoms with Crippen LogP contribution in [-0.2, 0) is 7.05 Å². The first-order chi connectivity index (χ1) is 8.27. The zero-order chi connectivity index (χ0) is 11.8. The van der Waals surface area contributed by atoms with E-state index in [9.17, 15) is 0 Å². The number of rotatable bonds is 1. The molecule has 2 N–H and O–H groups in total. The molecule has 0 aliphatic rings. The number of nitrogen functional groups attached to an aromatic ring is 1. The number of nitrogens with zero attached hydrogens (tertiary/aromatic N) is 4. The first-order valence-electron chi connectivity index (χ1n) is 5.24. The van der Waals surface area contributed by atoms with Crippen molar-refractivity contribution in [2.45, 2.75) is 0 Å². The third-order valence-corrected chi connectivity index (χ3v) is 2.75. The molecule has 0 aromatic carbocycles. The molecule has 3 rings (SSSR count). The van der Waals surface area contributed by atoms with Crippen LogP contribution in [0.4, 0.5) is 5.69 Å². The van der Waals surface area contributed by atoms with Gasteiger partial charge in [-0.2, -0.15) is 0 Å². The Hall–Kier alpha value is -2.43. The maximum Gasteiger partial charge on any atom is 0.178 e. The largest absolute Gasteiger partial charge is 0.397 e. The lowest BCUT2D eigenvalue weighted by molar-refractivity contribution is 0.959. The molecule has 5 nitrogen and oxygen atoms in total. The van der Waals surface area contributed by atoms with E-state index >= 15 is 0 Å². The lowest BCUT2D eigenvalue weighted by Gasteiger charge is -2.04. The van der Waals surface area contributed by atoms with Crippen LogP contribution in [0.2, 0.25) is 0 Å². The molecule has 0 saturated heterocycles. The van der Waals surface area contributed by atoms with E-state index in [1.165, 1.54) is 0 Å². The van der Waals surface area contributed by atoms with Crippen LogP contribution in [0.5, 0.6) is 0 Å².